The lowest BCUT2D eigenvalue weighted by Crippen LogP contribution is -2.47. The van der Waals surface area contributed by atoms with Gasteiger partial charge in [0.2, 0.25) is 5.91 Å². The first kappa shape index (κ1) is 77.0. The fraction of sp³-hybridized carbons (Fsp3) is 0.855. The summed E-state index contributed by atoms with van der Waals surface area (Å²) in [6.07, 6.45) is 74.1. The number of unbranched alkanes of at least 4 members (excludes halogenated alkanes) is 40. The number of esters is 1. The molecule has 2 N–H and O–H groups in total. The largest absolute Gasteiger partial charge is 0.472 e. The minimum absolute atomic E-state index is 0.0408. The summed E-state index contributed by atoms with van der Waals surface area (Å²) in [6.45, 7) is 7.00. The van der Waals surface area contributed by atoms with Crippen LogP contribution in [0.1, 0.15) is 329 Å². The molecule has 0 fully saturated rings. The highest BCUT2D eigenvalue weighted by atomic mass is 31.2. The number of phosphoric acid groups is 1. The van der Waals surface area contributed by atoms with Gasteiger partial charge in [-0.3, -0.25) is 18.6 Å². The minimum atomic E-state index is -4.45. The van der Waals surface area contributed by atoms with Gasteiger partial charge in [0, 0.05) is 12.8 Å². The van der Waals surface area contributed by atoms with Crippen LogP contribution in [-0.2, 0) is 27.9 Å². The quantitative estimate of drug-likeness (QED) is 0.0205. The Morgan fingerprint density at radius 3 is 1.19 bits per heavy atom. The number of carbonyl (C=O) groups excluding carboxylic acids is 2. The monoisotopic (exact) mass is 1130 g/mol. The predicted molar refractivity (Wildman–Crippen MR) is 342 cm³/mol. The summed E-state index contributed by atoms with van der Waals surface area (Å²) in [7, 11) is 1.50. The molecule has 0 rings (SSSR count). The number of amides is 1. The van der Waals surface area contributed by atoms with Gasteiger partial charge in [-0.25, -0.2) is 4.57 Å². The normalized spacial score (nSPS) is 13.9. The summed E-state index contributed by atoms with van der Waals surface area (Å²) < 4.78 is 30.7. The molecular weight excluding hydrogens is 1000 g/mol. The molecule has 0 aromatic heterocycles. The highest BCUT2D eigenvalue weighted by molar-refractivity contribution is 7.47. The molecule has 79 heavy (non-hydrogen) atoms. The first-order valence-corrected chi connectivity index (χ1v) is 35.5. The summed E-state index contributed by atoms with van der Waals surface area (Å²) >= 11 is 0. The zero-order valence-electron chi connectivity index (χ0n) is 53.1. The van der Waals surface area contributed by atoms with E-state index in [2.05, 4.69) is 62.5 Å². The summed E-state index contributed by atoms with van der Waals surface area (Å²) in [5.74, 6) is -0.498. The second-order valence-corrected chi connectivity index (χ2v) is 25.8. The molecule has 0 saturated carbocycles. The molecule has 0 spiro atoms. The average Bonchev–Trinajstić information content (AvgIpc) is 3.41. The lowest BCUT2D eigenvalue weighted by Gasteiger charge is -2.27. The molecule has 0 radical (unpaired) electrons. The van der Waals surface area contributed by atoms with Gasteiger partial charge in [-0.05, 0) is 89.5 Å². The van der Waals surface area contributed by atoms with E-state index < -0.39 is 20.0 Å². The van der Waals surface area contributed by atoms with Gasteiger partial charge in [-0.1, -0.05) is 275 Å². The van der Waals surface area contributed by atoms with Gasteiger partial charge >= 0.3 is 13.8 Å². The molecule has 0 aliphatic carbocycles. The molecule has 464 valence electrons. The molecule has 9 nitrogen and oxygen atoms in total. The highest BCUT2D eigenvalue weighted by Gasteiger charge is 2.30. The van der Waals surface area contributed by atoms with Crippen molar-refractivity contribution in [2.24, 2.45) is 0 Å². The van der Waals surface area contributed by atoms with E-state index in [1.54, 1.807) is 0 Å². The number of nitrogens with zero attached hydrogens (tertiary/aromatic N) is 1. The molecule has 0 aliphatic heterocycles. The van der Waals surface area contributed by atoms with Crippen LogP contribution in [0, 0.1) is 0 Å². The minimum Gasteiger partial charge on any atom is -0.456 e. The number of quaternary nitrogens is 1. The number of ether oxygens (including phenoxy) is 1. The van der Waals surface area contributed by atoms with Gasteiger partial charge in [0.15, 0.2) is 0 Å². The Hall–Kier alpha value is -2.03. The van der Waals surface area contributed by atoms with Crippen LogP contribution in [-0.4, -0.2) is 74.3 Å². The van der Waals surface area contributed by atoms with Crippen molar-refractivity contribution >= 4 is 19.7 Å². The van der Waals surface area contributed by atoms with Crippen molar-refractivity contribution in [2.45, 2.75) is 341 Å². The van der Waals surface area contributed by atoms with Gasteiger partial charge < -0.3 is 19.4 Å². The number of hydrogen-bond donors (Lipinski definition) is 2. The second-order valence-electron chi connectivity index (χ2n) is 24.3. The maximum atomic E-state index is 13.5. The summed E-state index contributed by atoms with van der Waals surface area (Å²) in [6, 6.07) is -0.848. The highest BCUT2D eigenvalue weighted by Crippen LogP contribution is 2.43. The third kappa shape index (κ3) is 60.4. The Bertz CT molecular complexity index is 1490. The summed E-state index contributed by atoms with van der Waals surface area (Å²) in [4.78, 5) is 37.8. The van der Waals surface area contributed by atoms with Crippen LogP contribution < -0.4 is 5.32 Å². The van der Waals surface area contributed by atoms with Crippen LogP contribution in [0.2, 0.25) is 0 Å². The number of allylic oxidation sites excluding steroid dienone is 7. The van der Waals surface area contributed by atoms with Crippen molar-refractivity contribution in [1.82, 2.24) is 5.32 Å². The van der Waals surface area contributed by atoms with Gasteiger partial charge in [0.1, 0.15) is 19.3 Å². The van der Waals surface area contributed by atoms with Crippen molar-refractivity contribution in [3.63, 3.8) is 0 Å². The lowest BCUT2D eigenvalue weighted by atomic mass is 10.0. The smallest absolute Gasteiger partial charge is 0.456 e. The van der Waals surface area contributed by atoms with E-state index in [1.165, 1.54) is 218 Å². The number of phosphoric ester groups is 1. The van der Waals surface area contributed by atoms with Crippen LogP contribution in [0.3, 0.4) is 0 Å². The average molecular weight is 1130 g/mol. The maximum absolute atomic E-state index is 13.5. The van der Waals surface area contributed by atoms with Gasteiger partial charge in [0.05, 0.1) is 33.8 Å². The number of likely N-dealkylation sites (N-methyl/N-ethyl adjacent to an activating group) is 1. The predicted octanol–water partition coefficient (Wildman–Crippen LogP) is 21.2. The first-order chi connectivity index (χ1) is 38.4. The van der Waals surface area contributed by atoms with Crippen molar-refractivity contribution in [2.75, 3.05) is 40.9 Å². The van der Waals surface area contributed by atoms with Crippen molar-refractivity contribution in [1.29, 1.82) is 0 Å². The van der Waals surface area contributed by atoms with E-state index in [0.29, 0.717) is 23.9 Å². The Morgan fingerprint density at radius 2 is 0.772 bits per heavy atom. The Kier molecular flexibility index (Phi) is 57.6. The van der Waals surface area contributed by atoms with Gasteiger partial charge in [-0.2, -0.15) is 0 Å². The molecule has 0 saturated heterocycles. The topological polar surface area (TPSA) is 111 Å². The molecule has 0 heterocycles. The van der Waals surface area contributed by atoms with Crippen LogP contribution in [0.5, 0.6) is 0 Å². The Labute approximate surface area is 490 Å². The van der Waals surface area contributed by atoms with E-state index in [1.807, 2.05) is 33.3 Å². The van der Waals surface area contributed by atoms with Gasteiger partial charge in [-0.15, -0.1) is 0 Å². The van der Waals surface area contributed by atoms with Gasteiger partial charge in [0.25, 0.3) is 0 Å². The molecule has 0 bridgehead atoms. The molecule has 0 aromatic rings. The van der Waals surface area contributed by atoms with Crippen LogP contribution in [0.4, 0.5) is 0 Å². The van der Waals surface area contributed by atoms with Crippen LogP contribution >= 0.6 is 7.82 Å². The SMILES string of the molecule is CCCCC/C=C\C/C=C\CCCCCCCCCCCCCCCCCCCC(=O)OC(/C=C\CCCCCCCCCCC)C(COP(=O)(O)OCC[N+](C)(C)C)NC(=O)CCCCCCCCC/C=C\CCCCCC. The molecule has 3 unspecified atom stereocenters. The zero-order valence-corrected chi connectivity index (χ0v) is 54.0. The van der Waals surface area contributed by atoms with Crippen molar-refractivity contribution < 1.29 is 37.3 Å². The second kappa shape index (κ2) is 59.1. The first-order valence-electron chi connectivity index (χ1n) is 34.0. The lowest BCUT2D eigenvalue weighted by molar-refractivity contribution is -0.870. The number of carbonyl (C=O) groups is 2. The van der Waals surface area contributed by atoms with Crippen LogP contribution in [0.25, 0.3) is 0 Å². The summed E-state index contributed by atoms with van der Waals surface area (Å²) in [5.41, 5.74) is 0. The summed E-state index contributed by atoms with van der Waals surface area (Å²) in [5, 5.41) is 3.06. The molecule has 0 aliphatic rings. The number of hydrogen-bond acceptors (Lipinski definition) is 6. The fourth-order valence-electron chi connectivity index (χ4n) is 9.97. The molecule has 3 atom stereocenters. The molecule has 1 amide bonds. The third-order valence-electron chi connectivity index (χ3n) is 15.2. The Morgan fingerprint density at radius 1 is 0.443 bits per heavy atom. The van der Waals surface area contributed by atoms with E-state index >= 15 is 0 Å². The Balaban J connectivity index is 4.97. The van der Waals surface area contributed by atoms with Crippen molar-refractivity contribution in [3.05, 3.63) is 48.6 Å². The standard InChI is InChI=1S/C69H131N2O7P/c1-7-10-13-16-19-22-25-27-29-30-31-32-33-34-35-36-37-38-39-40-42-44-47-50-53-56-59-62-69(73)78-67(60-57-54-51-48-45-24-21-18-15-12-9-3)66(65-77-79(74,75)76-64-63-71(4,5)6)70-68(72)61-58-55-52-49-46-43-41-28-26-23-20-17-14-11-8-2/h19,22-23,26-27,29,57,60,66-67H,7-18,20-21,24-25,28,30-56,58-59,61-65H2,1-6H3,(H-,70,72,74,75)/p+1/b22-19-,26-23-,29-27-,60-57-. The van der Waals surface area contributed by atoms with Crippen molar-refractivity contribution in [3.8, 4) is 0 Å². The van der Waals surface area contributed by atoms with E-state index in [9.17, 15) is 19.0 Å². The fourth-order valence-corrected chi connectivity index (χ4v) is 10.7. The zero-order chi connectivity index (χ0) is 57.9. The molecule has 0 aromatic carbocycles. The van der Waals surface area contributed by atoms with E-state index in [4.69, 9.17) is 13.8 Å². The number of nitrogens with one attached hydrogen (secondary N) is 1. The van der Waals surface area contributed by atoms with E-state index in [-0.39, 0.29) is 25.1 Å². The number of rotatable bonds is 62. The van der Waals surface area contributed by atoms with E-state index in [0.717, 1.165) is 77.0 Å². The third-order valence-corrected chi connectivity index (χ3v) is 16.2. The molecule has 10 heteroatoms. The maximum Gasteiger partial charge on any atom is 0.472 e. The van der Waals surface area contributed by atoms with Crippen LogP contribution in [0.15, 0.2) is 48.6 Å². The molecular formula is C69H132N2O7P+.